The summed E-state index contributed by atoms with van der Waals surface area (Å²) >= 11 is 0. The van der Waals surface area contributed by atoms with Gasteiger partial charge < -0.3 is 23.7 Å². The molecule has 0 saturated carbocycles. The van der Waals surface area contributed by atoms with Gasteiger partial charge in [0.25, 0.3) is 0 Å². The molecule has 1 aliphatic rings. The summed E-state index contributed by atoms with van der Waals surface area (Å²) in [5, 5.41) is 4.84. The first-order chi connectivity index (χ1) is 18.7. The van der Waals surface area contributed by atoms with Crippen LogP contribution in [0.1, 0.15) is 63.4 Å². The van der Waals surface area contributed by atoms with Crippen LogP contribution in [0.4, 0.5) is 4.39 Å². The number of carbonyl (C=O) groups excluding carboxylic acids is 1. The molecule has 2 aromatic rings. The van der Waals surface area contributed by atoms with E-state index in [9.17, 15) is 9.18 Å². The van der Waals surface area contributed by atoms with Crippen molar-refractivity contribution in [1.29, 1.82) is 0 Å². The molecule has 2 heterocycles. The molecule has 1 aromatic carbocycles. The van der Waals surface area contributed by atoms with Gasteiger partial charge in [0.2, 0.25) is 0 Å². The zero-order valence-corrected chi connectivity index (χ0v) is 26.2. The smallest absolute Gasteiger partial charge is 0.307 e. The van der Waals surface area contributed by atoms with Gasteiger partial charge in [-0.3, -0.25) is 4.79 Å². The fourth-order valence-corrected chi connectivity index (χ4v) is 5.06. The molecule has 1 fully saturated rings. The zero-order valence-electron chi connectivity index (χ0n) is 25.2. The van der Waals surface area contributed by atoms with Gasteiger partial charge in [-0.1, -0.05) is 31.8 Å². The molecule has 10 heteroatoms. The Kier molecular flexibility index (Phi) is 10.7. The molecule has 3 rings (SSSR count). The van der Waals surface area contributed by atoms with Crippen LogP contribution >= 0.6 is 0 Å². The lowest BCUT2D eigenvalue weighted by Gasteiger charge is -2.22. The van der Waals surface area contributed by atoms with Crippen LogP contribution in [0.25, 0.3) is 6.08 Å². The third-order valence-corrected chi connectivity index (χ3v) is 8.15. The first-order valence-corrected chi connectivity index (χ1v) is 17.5. The van der Waals surface area contributed by atoms with Crippen molar-refractivity contribution in [3.63, 3.8) is 0 Å². The number of esters is 1. The molecule has 1 atom stereocenters. The third kappa shape index (κ3) is 9.83. The van der Waals surface area contributed by atoms with Crippen LogP contribution in [0.2, 0.25) is 25.7 Å². The number of methoxy groups -OCH3 is 1. The Morgan fingerprint density at radius 2 is 1.93 bits per heavy atom. The van der Waals surface area contributed by atoms with Gasteiger partial charge in [-0.05, 0) is 63.6 Å². The van der Waals surface area contributed by atoms with E-state index in [1.807, 2.05) is 45.9 Å². The SMILES string of the molecule is COc1ccc(C(CC(=O)OC(C)(C)C)c2cc(C=CCC3(C)OCCO3)n(COCC[Si](C)(C)C)n2)cc1F. The Morgan fingerprint density at radius 3 is 2.52 bits per heavy atom. The lowest BCUT2D eigenvalue weighted by atomic mass is 9.92. The number of carbonyl (C=O) groups is 1. The fourth-order valence-electron chi connectivity index (χ4n) is 4.30. The minimum Gasteiger partial charge on any atom is -0.494 e. The molecule has 0 radical (unpaired) electrons. The predicted octanol–water partition coefficient (Wildman–Crippen LogP) is 6.37. The Bertz CT molecular complexity index is 1160. The van der Waals surface area contributed by atoms with E-state index in [0.717, 1.165) is 11.7 Å². The van der Waals surface area contributed by atoms with Gasteiger partial charge in [0.15, 0.2) is 17.4 Å². The van der Waals surface area contributed by atoms with Gasteiger partial charge in [0, 0.05) is 27.0 Å². The molecular formula is C30H45FN2O6Si. The molecule has 1 unspecified atom stereocenters. The van der Waals surface area contributed by atoms with E-state index in [0.29, 0.717) is 37.5 Å². The van der Waals surface area contributed by atoms with Crippen LogP contribution in [-0.4, -0.2) is 62.1 Å². The van der Waals surface area contributed by atoms with E-state index >= 15 is 0 Å². The summed E-state index contributed by atoms with van der Waals surface area (Å²) in [6, 6.07) is 7.65. The van der Waals surface area contributed by atoms with Crippen molar-refractivity contribution in [2.75, 3.05) is 26.9 Å². The fraction of sp³-hybridized carbons (Fsp3) is 0.600. The Hall–Kier alpha value is -2.53. The number of nitrogens with zero attached hydrogens (tertiary/aromatic N) is 2. The van der Waals surface area contributed by atoms with Crippen LogP contribution in [-0.2, 0) is 30.5 Å². The summed E-state index contributed by atoms with van der Waals surface area (Å²) in [4.78, 5) is 12.9. The number of rotatable bonds is 13. The minimum atomic E-state index is -1.26. The second-order valence-corrected chi connectivity index (χ2v) is 18.1. The zero-order chi connectivity index (χ0) is 29.6. The molecule has 222 valence electrons. The number of aromatic nitrogens is 2. The molecule has 0 amide bonds. The lowest BCUT2D eigenvalue weighted by Crippen LogP contribution is -2.25. The Morgan fingerprint density at radius 1 is 1.23 bits per heavy atom. The number of hydrogen-bond acceptors (Lipinski definition) is 7. The molecule has 1 aromatic heterocycles. The van der Waals surface area contributed by atoms with E-state index in [1.54, 1.807) is 16.8 Å². The van der Waals surface area contributed by atoms with Gasteiger partial charge >= 0.3 is 5.97 Å². The van der Waals surface area contributed by atoms with Crippen molar-refractivity contribution in [2.45, 2.75) is 90.3 Å². The van der Waals surface area contributed by atoms with E-state index in [1.165, 1.54) is 13.2 Å². The topological polar surface area (TPSA) is 81.0 Å². The van der Waals surface area contributed by atoms with E-state index in [4.69, 9.17) is 28.8 Å². The lowest BCUT2D eigenvalue weighted by molar-refractivity contribution is -0.155. The van der Waals surface area contributed by atoms with Crippen LogP contribution in [0.3, 0.4) is 0 Å². The van der Waals surface area contributed by atoms with Crippen molar-refractivity contribution in [3.8, 4) is 5.75 Å². The van der Waals surface area contributed by atoms with Gasteiger partial charge in [-0.25, -0.2) is 9.07 Å². The summed E-state index contributed by atoms with van der Waals surface area (Å²) in [5.74, 6) is -1.96. The maximum Gasteiger partial charge on any atom is 0.307 e. The van der Waals surface area contributed by atoms with Crippen LogP contribution < -0.4 is 4.74 Å². The Balaban J connectivity index is 1.94. The third-order valence-electron chi connectivity index (χ3n) is 6.44. The molecule has 40 heavy (non-hydrogen) atoms. The molecule has 1 saturated heterocycles. The van der Waals surface area contributed by atoms with Gasteiger partial charge in [-0.15, -0.1) is 0 Å². The number of hydrogen-bond donors (Lipinski definition) is 0. The first-order valence-electron chi connectivity index (χ1n) is 13.8. The van der Waals surface area contributed by atoms with Crippen LogP contribution in [0.5, 0.6) is 5.75 Å². The highest BCUT2D eigenvalue weighted by molar-refractivity contribution is 6.76. The summed E-state index contributed by atoms with van der Waals surface area (Å²) in [7, 11) is 0.162. The highest BCUT2D eigenvalue weighted by atomic mass is 28.3. The van der Waals surface area contributed by atoms with Crippen molar-refractivity contribution < 1.29 is 32.9 Å². The molecular weight excluding hydrogens is 531 g/mol. The van der Waals surface area contributed by atoms with Crippen molar-refractivity contribution in [1.82, 2.24) is 9.78 Å². The van der Waals surface area contributed by atoms with Gasteiger partial charge in [0.1, 0.15) is 12.3 Å². The van der Waals surface area contributed by atoms with E-state index in [2.05, 4.69) is 19.6 Å². The van der Waals surface area contributed by atoms with Crippen molar-refractivity contribution in [3.05, 3.63) is 53.1 Å². The summed E-state index contributed by atoms with van der Waals surface area (Å²) in [6.07, 6.45) is 4.50. The summed E-state index contributed by atoms with van der Waals surface area (Å²) in [6.45, 7) is 16.3. The number of benzene rings is 1. The average molecular weight is 577 g/mol. The first kappa shape index (κ1) is 32.0. The molecule has 0 aliphatic carbocycles. The maximum atomic E-state index is 14.8. The highest BCUT2D eigenvalue weighted by Crippen LogP contribution is 2.32. The van der Waals surface area contributed by atoms with E-state index < -0.39 is 37.2 Å². The van der Waals surface area contributed by atoms with Gasteiger partial charge in [-0.2, -0.15) is 5.10 Å². The monoisotopic (exact) mass is 576 g/mol. The molecule has 1 aliphatic heterocycles. The van der Waals surface area contributed by atoms with Gasteiger partial charge in [0.05, 0.1) is 38.1 Å². The highest BCUT2D eigenvalue weighted by Gasteiger charge is 2.30. The maximum absolute atomic E-state index is 14.8. The van der Waals surface area contributed by atoms with Crippen molar-refractivity contribution >= 4 is 20.1 Å². The predicted molar refractivity (Wildman–Crippen MR) is 156 cm³/mol. The summed E-state index contributed by atoms with van der Waals surface area (Å²) < 4.78 is 44.7. The van der Waals surface area contributed by atoms with Crippen molar-refractivity contribution in [2.24, 2.45) is 0 Å². The standard InChI is InChI=1S/C30H45FN2O6Si/c1-29(2,3)39-28(34)20-24(22-11-12-27(35-5)25(31)18-22)26-19-23(10-9-13-30(4)37-14-15-38-30)33(32-26)21-36-16-17-40(6,7)8/h9-12,18-19,24H,13-17,20-21H2,1-8H3. The molecule has 8 nitrogen and oxygen atoms in total. The second kappa shape index (κ2) is 13.4. The largest absolute Gasteiger partial charge is 0.494 e. The Labute approximate surface area is 238 Å². The molecule has 0 spiro atoms. The average Bonchev–Trinajstić information content (AvgIpc) is 3.45. The minimum absolute atomic E-state index is 0.000557. The molecule has 0 bridgehead atoms. The molecule has 0 N–H and O–H groups in total. The van der Waals surface area contributed by atoms with Crippen LogP contribution in [0, 0.1) is 5.82 Å². The van der Waals surface area contributed by atoms with E-state index in [-0.39, 0.29) is 18.9 Å². The normalized spacial score (nSPS) is 16.4. The summed E-state index contributed by atoms with van der Waals surface area (Å²) in [5.41, 5.74) is 1.37. The van der Waals surface area contributed by atoms with Crippen LogP contribution in [0.15, 0.2) is 30.3 Å². The number of halogens is 1. The second-order valence-electron chi connectivity index (χ2n) is 12.5. The quantitative estimate of drug-likeness (QED) is 0.156. The number of ether oxygens (including phenoxy) is 5.